The highest BCUT2D eigenvalue weighted by Crippen LogP contribution is 2.20. The molecule has 0 amide bonds. The van der Waals surface area contributed by atoms with E-state index in [1.165, 1.54) is 12.7 Å². The molecule has 0 aliphatic heterocycles. The number of ether oxygens (including phenoxy) is 2. The lowest BCUT2D eigenvalue weighted by molar-refractivity contribution is 0.0601. The summed E-state index contributed by atoms with van der Waals surface area (Å²) >= 11 is 5.38. The van der Waals surface area contributed by atoms with Crippen LogP contribution >= 0.6 is 12.2 Å². The highest BCUT2D eigenvalue weighted by Gasteiger charge is 2.09. The third-order valence-corrected chi connectivity index (χ3v) is 4.50. The molecular formula is C22H28N2O3S. The fourth-order valence-corrected chi connectivity index (χ4v) is 2.92. The van der Waals surface area contributed by atoms with Crippen LogP contribution in [0.1, 0.15) is 41.3 Å². The maximum Gasteiger partial charge on any atom is 0.337 e. The molecule has 0 atom stereocenters. The standard InChI is InChI=1S/C22H28N2O3S/c1-4-14-27-20-10-6-5-8-17(20)9-7-13-23-22(28)24-19-15-18(21(25)26-3)12-11-16(19)2/h5-6,8,10-12,15H,4,7,9,13-14H2,1-3H3,(H2,23,24,28). The second-order valence-corrected chi connectivity index (χ2v) is 6.87. The molecule has 0 saturated carbocycles. The lowest BCUT2D eigenvalue weighted by atomic mass is 10.1. The number of rotatable bonds is 9. The van der Waals surface area contributed by atoms with Gasteiger partial charge >= 0.3 is 5.97 Å². The molecule has 0 aromatic heterocycles. The first-order chi connectivity index (χ1) is 13.5. The Balaban J connectivity index is 1.83. The van der Waals surface area contributed by atoms with Crippen LogP contribution in [-0.2, 0) is 11.2 Å². The van der Waals surface area contributed by atoms with Crippen LogP contribution in [0.5, 0.6) is 5.75 Å². The van der Waals surface area contributed by atoms with Gasteiger partial charge < -0.3 is 20.1 Å². The number of nitrogens with one attached hydrogen (secondary N) is 2. The minimum Gasteiger partial charge on any atom is -0.493 e. The van der Waals surface area contributed by atoms with Crippen LogP contribution in [0.2, 0.25) is 0 Å². The quantitative estimate of drug-likeness (QED) is 0.367. The van der Waals surface area contributed by atoms with Crippen molar-refractivity contribution in [1.82, 2.24) is 5.32 Å². The van der Waals surface area contributed by atoms with E-state index in [4.69, 9.17) is 21.7 Å². The van der Waals surface area contributed by atoms with Gasteiger partial charge in [0.15, 0.2) is 5.11 Å². The molecule has 28 heavy (non-hydrogen) atoms. The van der Waals surface area contributed by atoms with Crippen LogP contribution in [0.25, 0.3) is 0 Å². The first-order valence-corrected chi connectivity index (χ1v) is 9.90. The molecule has 2 aromatic carbocycles. The van der Waals surface area contributed by atoms with E-state index in [9.17, 15) is 4.79 Å². The Morgan fingerprint density at radius 2 is 1.96 bits per heavy atom. The van der Waals surface area contributed by atoms with Gasteiger partial charge in [-0.25, -0.2) is 4.79 Å². The summed E-state index contributed by atoms with van der Waals surface area (Å²) in [6.07, 6.45) is 2.83. The first kappa shape index (κ1) is 21.7. The predicted molar refractivity (Wildman–Crippen MR) is 117 cm³/mol. The largest absolute Gasteiger partial charge is 0.493 e. The van der Waals surface area contributed by atoms with E-state index in [2.05, 4.69) is 23.6 Å². The van der Waals surface area contributed by atoms with Gasteiger partial charge in [0.1, 0.15) is 5.75 Å². The molecule has 2 aromatic rings. The number of para-hydroxylation sites is 1. The molecule has 150 valence electrons. The summed E-state index contributed by atoms with van der Waals surface area (Å²) in [7, 11) is 1.37. The van der Waals surface area contributed by atoms with Crippen LogP contribution in [0.4, 0.5) is 5.69 Å². The summed E-state index contributed by atoms with van der Waals surface area (Å²) in [6.45, 7) is 5.53. The highest BCUT2D eigenvalue weighted by atomic mass is 32.1. The molecule has 0 aliphatic carbocycles. The fraction of sp³-hybridized carbons (Fsp3) is 0.364. The topological polar surface area (TPSA) is 59.6 Å². The number of carbonyl (C=O) groups excluding carboxylic acids is 1. The molecule has 6 heteroatoms. The van der Waals surface area contributed by atoms with E-state index < -0.39 is 0 Å². The van der Waals surface area contributed by atoms with Crippen LogP contribution in [0.3, 0.4) is 0 Å². The third kappa shape index (κ3) is 6.53. The van der Waals surface area contributed by atoms with Crippen molar-refractivity contribution in [3.05, 3.63) is 59.2 Å². The molecule has 0 heterocycles. The maximum absolute atomic E-state index is 11.7. The number of methoxy groups -OCH3 is 1. The molecule has 0 bridgehead atoms. The van der Waals surface area contributed by atoms with E-state index in [1.807, 2.05) is 31.2 Å². The minimum atomic E-state index is -0.370. The molecule has 0 fully saturated rings. The molecule has 0 unspecified atom stereocenters. The van der Waals surface area contributed by atoms with Gasteiger partial charge in [-0.15, -0.1) is 0 Å². The van der Waals surface area contributed by atoms with Gasteiger partial charge in [-0.2, -0.15) is 0 Å². The Labute approximate surface area is 172 Å². The molecular weight excluding hydrogens is 372 g/mol. The zero-order valence-corrected chi connectivity index (χ0v) is 17.5. The van der Waals surface area contributed by atoms with Crippen molar-refractivity contribution < 1.29 is 14.3 Å². The Bertz CT molecular complexity index is 808. The molecule has 2 rings (SSSR count). The number of anilines is 1. The van der Waals surface area contributed by atoms with E-state index in [0.29, 0.717) is 10.7 Å². The van der Waals surface area contributed by atoms with Gasteiger partial charge in [0.2, 0.25) is 0 Å². The van der Waals surface area contributed by atoms with E-state index >= 15 is 0 Å². The van der Waals surface area contributed by atoms with Crippen molar-refractivity contribution in [2.45, 2.75) is 33.1 Å². The summed E-state index contributed by atoms with van der Waals surface area (Å²) in [5.41, 5.74) is 3.48. The molecule has 5 nitrogen and oxygen atoms in total. The summed E-state index contributed by atoms with van der Waals surface area (Å²) in [5.74, 6) is 0.589. The lowest BCUT2D eigenvalue weighted by Crippen LogP contribution is -2.29. The third-order valence-electron chi connectivity index (χ3n) is 4.25. The van der Waals surface area contributed by atoms with Crippen molar-refractivity contribution in [2.75, 3.05) is 25.6 Å². The van der Waals surface area contributed by atoms with Crippen molar-refractivity contribution in [1.29, 1.82) is 0 Å². The maximum atomic E-state index is 11.7. The van der Waals surface area contributed by atoms with Gasteiger partial charge in [0, 0.05) is 12.2 Å². The fourth-order valence-electron chi connectivity index (χ4n) is 2.71. The van der Waals surface area contributed by atoms with Gasteiger partial charge in [0.25, 0.3) is 0 Å². The first-order valence-electron chi connectivity index (χ1n) is 9.49. The van der Waals surface area contributed by atoms with Crippen molar-refractivity contribution in [3.8, 4) is 5.75 Å². The average Bonchev–Trinajstić information content (AvgIpc) is 2.71. The number of benzene rings is 2. The minimum absolute atomic E-state index is 0.370. The van der Waals surface area contributed by atoms with E-state index in [-0.39, 0.29) is 5.97 Å². The number of thiocarbonyl (C=S) groups is 1. The number of aryl methyl sites for hydroxylation is 2. The SMILES string of the molecule is CCCOc1ccccc1CCCNC(=S)Nc1cc(C(=O)OC)ccc1C. The van der Waals surface area contributed by atoms with E-state index in [0.717, 1.165) is 49.4 Å². The molecule has 0 spiro atoms. The number of hydrogen-bond acceptors (Lipinski definition) is 4. The summed E-state index contributed by atoms with van der Waals surface area (Å²) in [6, 6.07) is 13.5. The number of hydrogen-bond donors (Lipinski definition) is 2. The second kappa shape index (κ2) is 11.3. The van der Waals surface area contributed by atoms with Crippen LogP contribution in [-0.4, -0.2) is 31.3 Å². The predicted octanol–water partition coefficient (Wildman–Crippen LogP) is 4.49. The number of carbonyl (C=O) groups is 1. The lowest BCUT2D eigenvalue weighted by Gasteiger charge is -2.14. The zero-order chi connectivity index (χ0) is 20.4. The number of esters is 1. The molecule has 0 aliphatic rings. The Morgan fingerprint density at radius 3 is 2.71 bits per heavy atom. The Kier molecular flexibility index (Phi) is 8.75. The van der Waals surface area contributed by atoms with Gasteiger partial charge in [-0.3, -0.25) is 0 Å². The van der Waals surface area contributed by atoms with Crippen molar-refractivity contribution in [3.63, 3.8) is 0 Å². The van der Waals surface area contributed by atoms with Crippen molar-refractivity contribution in [2.24, 2.45) is 0 Å². The Morgan fingerprint density at radius 1 is 1.18 bits per heavy atom. The highest BCUT2D eigenvalue weighted by molar-refractivity contribution is 7.80. The normalized spacial score (nSPS) is 10.2. The van der Waals surface area contributed by atoms with Gasteiger partial charge in [0.05, 0.1) is 19.3 Å². The second-order valence-electron chi connectivity index (χ2n) is 6.46. The monoisotopic (exact) mass is 400 g/mol. The van der Waals surface area contributed by atoms with Crippen molar-refractivity contribution >= 4 is 29.0 Å². The van der Waals surface area contributed by atoms with Gasteiger partial charge in [-0.05, 0) is 67.7 Å². The summed E-state index contributed by atoms with van der Waals surface area (Å²) in [5, 5.41) is 6.90. The van der Waals surface area contributed by atoms with Gasteiger partial charge in [-0.1, -0.05) is 31.2 Å². The Hall–Kier alpha value is -2.60. The van der Waals surface area contributed by atoms with E-state index in [1.54, 1.807) is 12.1 Å². The molecule has 0 saturated heterocycles. The summed E-state index contributed by atoms with van der Waals surface area (Å²) < 4.78 is 10.6. The van der Waals surface area contributed by atoms with Crippen LogP contribution in [0.15, 0.2) is 42.5 Å². The smallest absolute Gasteiger partial charge is 0.337 e. The molecule has 0 radical (unpaired) electrons. The van der Waals surface area contributed by atoms with Crippen LogP contribution in [0, 0.1) is 6.92 Å². The average molecular weight is 401 g/mol. The molecule has 2 N–H and O–H groups in total. The zero-order valence-electron chi connectivity index (χ0n) is 16.7. The van der Waals surface area contributed by atoms with Crippen LogP contribution < -0.4 is 15.4 Å². The summed E-state index contributed by atoms with van der Waals surface area (Å²) in [4.78, 5) is 11.7.